The maximum atomic E-state index is 5.60. The predicted molar refractivity (Wildman–Crippen MR) is 45.4 cm³/mol. The molecule has 1 heteroatoms. The van der Waals surface area contributed by atoms with Gasteiger partial charge in [-0.25, -0.2) is 0 Å². The molecule has 2 fully saturated rings. The van der Waals surface area contributed by atoms with Gasteiger partial charge in [0.1, 0.15) is 0 Å². The third kappa shape index (κ3) is 1.12. The van der Waals surface area contributed by atoms with Crippen LogP contribution in [0, 0.1) is 5.92 Å². The summed E-state index contributed by atoms with van der Waals surface area (Å²) in [6, 6.07) is 0. The number of hydrogen-bond donors (Lipinski definition) is 0. The Labute approximate surface area is 68.4 Å². The second-order valence-electron chi connectivity index (χ2n) is 4.24. The molecule has 0 radical (unpaired) electrons. The van der Waals surface area contributed by atoms with Crippen LogP contribution in [0.25, 0.3) is 0 Å². The van der Waals surface area contributed by atoms with Gasteiger partial charge in [0, 0.05) is 0 Å². The highest BCUT2D eigenvalue weighted by atomic mass is 16.6. The first kappa shape index (κ1) is 7.35. The summed E-state index contributed by atoms with van der Waals surface area (Å²) in [4.78, 5) is 0. The molecule has 1 saturated carbocycles. The summed E-state index contributed by atoms with van der Waals surface area (Å²) in [5, 5.41) is 0. The minimum absolute atomic E-state index is 0.270. The van der Waals surface area contributed by atoms with Gasteiger partial charge in [-0.3, -0.25) is 0 Å². The standard InChI is InChI=1S/C10H16O/c1-7(2)8-4-5-10(3)9(6-8)11-10/h8-9H,1,4-6H2,2-3H3/t8-,9-,10?/m1/s1. The van der Waals surface area contributed by atoms with Crippen molar-refractivity contribution < 1.29 is 4.74 Å². The van der Waals surface area contributed by atoms with Crippen LogP contribution in [0.15, 0.2) is 12.2 Å². The van der Waals surface area contributed by atoms with E-state index in [4.69, 9.17) is 4.74 Å². The van der Waals surface area contributed by atoms with E-state index in [0.717, 1.165) is 5.92 Å². The van der Waals surface area contributed by atoms with E-state index >= 15 is 0 Å². The lowest BCUT2D eigenvalue weighted by Crippen LogP contribution is -2.21. The molecule has 0 aromatic rings. The monoisotopic (exact) mass is 152 g/mol. The molecule has 3 atom stereocenters. The third-order valence-corrected chi connectivity index (χ3v) is 3.22. The lowest BCUT2D eigenvalue weighted by Gasteiger charge is -2.22. The Hall–Kier alpha value is -0.300. The Morgan fingerprint density at radius 3 is 2.91 bits per heavy atom. The summed E-state index contributed by atoms with van der Waals surface area (Å²) < 4.78 is 5.60. The highest BCUT2D eigenvalue weighted by Gasteiger charge is 2.55. The molecular weight excluding hydrogens is 136 g/mol. The first-order valence-corrected chi connectivity index (χ1v) is 4.45. The zero-order chi connectivity index (χ0) is 8.06. The van der Waals surface area contributed by atoms with Crippen molar-refractivity contribution in [1.29, 1.82) is 0 Å². The van der Waals surface area contributed by atoms with Crippen LogP contribution in [-0.4, -0.2) is 11.7 Å². The van der Waals surface area contributed by atoms with Crippen LogP contribution in [0.2, 0.25) is 0 Å². The van der Waals surface area contributed by atoms with Crippen molar-refractivity contribution in [3.05, 3.63) is 12.2 Å². The highest BCUT2D eigenvalue weighted by Crippen LogP contribution is 2.50. The molecule has 62 valence electrons. The minimum atomic E-state index is 0.270. The number of hydrogen-bond acceptors (Lipinski definition) is 1. The summed E-state index contributed by atoms with van der Waals surface area (Å²) in [5.74, 6) is 0.732. The molecule has 11 heavy (non-hydrogen) atoms. The summed E-state index contributed by atoms with van der Waals surface area (Å²) >= 11 is 0. The van der Waals surface area contributed by atoms with E-state index in [0.29, 0.717) is 6.10 Å². The maximum absolute atomic E-state index is 5.60. The van der Waals surface area contributed by atoms with Crippen LogP contribution in [0.4, 0.5) is 0 Å². The summed E-state index contributed by atoms with van der Waals surface area (Å²) in [5.41, 5.74) is 1.61. The zero-order valence-corrected chi connectivity index (χ0v) is 7.39. The Kier molecular flexibility index (Phi) is 1.40. The second-order valence-corrected chi connectivity index (χ2v) is 4.24. The Morgan fingerprint density at radius 2 is 2.36 bits per heavy atom. The lowest BCUT2D eigenvalue weighted by molar-refractivity contribution is 0.303. The molecule has 1 heterocycles. The summed E-state index contributed by atoms with van der Waals surface area (Å²) in [6.07, 6.45) is 4.28. The smallest absolute Gasteiger partial charge is 0.0920 e. The molecule has 0 amide bonds. The predicted octanol–water partition coefficient (Wildman–Crippen LogP) is 2.52. The van der Waals surface area contributed by atoms with Crippen LogP contribution in [0.3, 0.4) is 0 Å². The number of epoxide rings is 1. The van der Waals surface area contributed by atoms with Crippen molar-refractivity contribution in [1.82, 2.24) is 0 Å². The van der Waals surface area contributed by atoms with E-state index in [1.54, 1.807) is 0 Å². The van der Waals surface area contributed by atoms with E-state index in [1.165, 1.54) is 24.8 Å². The molecule has 0 spiro atoms. The quantitative estimate of drug-likeness (QED) is 0.415. The molecule has 2 rings (SSSR count). The average molecular weight is 152 g/mol. The van der Waals surface area contributed by atoms with Gasteiger partial charge in [-0.1, -0.05) is 12.2 Å². The molecule has 1 aliphatic heterocycles. The van der Waals surface area contributed by atoms with Crippen molar-refractivity contribution in [2.24, 2.45) is 5.92 Å². The molecule has 1 saturated heterocycles. The first-order chi connectivity index (χ1) is 5.12. The van der Waals surface area contributed by atoms with Gasteiger partial charge in [-0.2, -0.15) is 0 Å². The topological polar surface area (TPSA) is 12.5 Å². The van der Waals surface area contributed by atoms with E-state index in [2.05, 4.69) is 20.4 Å². The molecular formula is C10H16O. The van der Waals surface area contributed by atoms with E-state index in [-0.39, 0.29) is 5.60 Å². The molecule has 0 N–H and O–H groups in total. The van der Waals surface area contributed by atoms with Gasteiger partial charge in [0.25, 0.3) is 0 Å². The van der Waals surface area contributed by atoms with Crippen LogP contribution < -0.4 is 0 Å². The van der Waals surface area contributed by atoms with Crippen molar-refractivity contribution in [3.8, 4) is 0 Å². The van der Waals surface area contributed by atoms with Gasteiger partial charge in [-0.15, -0.1) is 0 Å². The summed E-state index contributed by atoms with van der Waals surface area (Å²) in [6.45, 7) is 8.36. The first-order valence-electron chi connectivity index (χ1n) is 4.45. The van der Waals surface area contributed by atoms with Crippen molar-refractivity contribution in [2.45, 2.75) is 44.8 Å². The van der Waals surface area contributed by atoms with Gasteiger partial charge in [0.05, 0.1) is 11.7 Å². The van der Waals surface area contributed by atoms with Gasteiger partial charge in [-0.05, 0) is 39.0 Å². The summed E-state index contributed by atoms with van der Waals surface area (Å²) in [7, 11) is 0. The maximum Gasteiger partial charge on any atom is 0.0920 e. The average Bonchev–Trinajstić information content (AvgIpc) is 2.58. The fraction of sp³-hybridized carbons (Fsp3) is 0.800. The number of rotatable bonds is 1. The lowest BCUT2D eigenvalue weighted by atomic mass is 9.80. The molecule has 1 unspecified atom stereocenters. The SMILES string of the molecule is C=C(C)[C@@H]1CCC2(C)O[C@@H]2C1. The van der Waals surface area contributed by atoms with Gasteiger partial charge in [0.2, 0.25) is 0 Å². The molecule has 1 nitrogen and oxygen atoms in total. The van der Waals surface area contributed by atoms with Crippen LogP contribution in [-0.2, 0) is 4.74 Å². The van der Waals surface area contributed by atoms with Gasteiger partial charge in [0.15, 0.2) is 0 Å². The van der Waals surface area contributed by atoms with Crippen molar-refractivity contribution >= 4 is 0 Å². The molecule has 0 aromatic heterocycles. The number of allylic oxidation sites excluding steroid dienone is 1. The molecule has 0 aromatic carbocycles. The van der Waals surface area contributed by atoms with Gasteiger partial charge < -0.3 is 4.74 Å². The van der Waals surface area contributed by atoms with Crippen LogP contribution in [0.1, 0.15) is 33.1 Å². The molecule has 1 aliphatic carbocycles. The van der Waals surface area contributed by atoms with Crippen LogP contribution >= 0.6 is 0 Å². The van der Waals surface area contributed by atoms with Crippen molar-refractivity contribution in [3.63, 3.8) is 0 Å². The van der Waals surface area contributed by atoms with E-state index in [1.807, 2.05) is 0 Å². The minimum Gasteiger partial charge on any atom is -0.366 e. The second kappa shape index (κ2) is 2.10. The fourth-order valence-electron chi connectivity index (χ4n) is 2.09. The fourth-order valence-corrected chi connectivity index (χ4v) is 2.09. The largest absolute Gasteiger partial charge is 0.366 e. The molecule has 2 aliphatic rings. The Balaban J connectivity index is 1.98. The van der Waals surface area contributed by atoms with E-state index in [9.17, 15) is 0 Å². The molecule has 0 bridgehead atoms. The van der Waals surface area contributed by atoms with Crippen LogP contribution in [0.5, 0.6) is 0 Å². The normalized spacial score (nSPS) is 48.2. The number of ether oxygens (including phenoxy) is 1. The Bertz CT molecular complexity index is 197. The zero-order valence-electron chi connectivity index (χ0n) is 7.39. The third-order valence-electron chi connectivity index (χ3n) is 3.22. The Morgan fingerprint density at radius 1 is 1.64 bits per heavy atom. The number of fused-ring (bicyclic) bond motifs is 1. The van der Waals surface area contributed by atoms with E-state index < -0.39 is 0 Å². The van der Waals surface area contributed by atoms with Crippen molar-refractivity contribution in [2.75, 3.05) is 0 Å². The highest BCUT2D eigenvalue weighted by molar-refractivity contribution is 5.10. The van der Waals surface area contributed by atoms with Gasteiger partial charge >= 0.3 is 0 Å².